The molecule has 1 aromatic carbocycles. The fourth-order valence-electron chi connectivity index (χ4n) is 3.56. The molecule has 162 valence electrons. The number of hydrogen-bond donors (Lipinski definition) is 0. The Labute approximate surface area is 186 Å². The van der Waals surface area contributed by atoms with Crippen molar-refractivity contribution in [3.63, 3.8) is 0 Å². The molecule has 7 heteroatoms. The molecule has 0 spiro atoms. The number of hydrogen-bond acceptors (Lipinski definition) is 6. The minimum absolute atomic E-state index is 0.0328. The lowest BCUT2D eigenvalue weighted by molar-refractivity contribution is -0.131. The van der Waals surface area contributed by atoms with Gasteiger partial charge < -0.3 is 14.4 Å². The predicted molar refractivity (Wildman–Crippen MR) is 120 cm³/mol. The molecule has 3 heterocycles. The highest BCUT2D eigenvalue weighted by atomic mass is 32.1. The standard InChI is InChI=1S/C24H27N3O3S/c1-18-26-22(17-31-18)12-24(28)27(14-21-6-2-3-9-25-21)13-19-5-4-7-23(11-19)30-16-20-8-10-29-15-20/h2-7,9,11,17,20H,8,10,12-16H2,1H3/t20-/m0/s1. The van der Waals surface area contributed by atoms with E-state index in [9.17, 15) is 4.79 Å². The normalized spacial score (nSPS) is 15.7. The van der Waals surface area contributed by atoms with Gasteiger partial charge in [0.2, 0.25) is 5.91 Å². The fraction of sp³-hybridized carbons (Fsp3) is 0.375. The highest BCUT2D eigenvalue weighted by Gasteiger charge is 2.18. The summed E-state index contributed by atoms with van der Waals surface area (Å²) in [6.07, 6.45) is 3.08. The van der Waals surface area contributed by atoms with Crippen molar-refractivity contribution in [2.75, 3.05) is 19.8 Å². The molecule has 1 amide bonds. The Morgan fingerprint density at radius 1 is 1.23 bits per heavy atom. The highest BCUT2D eigenvalue weighted by molar-refractivity contribution is 7.09. The maximum absolute atomic E-state index is 13.1. The molecule has 1 atom stereocenters. The van der Waals surface area contributed by atoms with Gasteiger partial charge in [-0.2, -0.15) is 0 Å². The van der Waals surface area contributed by atoms with Gasteiger partial charge in [0.15, 0.2) is 0 Å². The van der Waals surface area contributed by atoms with E-state index in [4.69, 9.17) is 9.47 Å². The average molecular weight is 438 g/mol. The summed E-state index contributed by atoms with van der Waals surface area (Å²) in [6.45, 7) is 5.13. The third-order valence-electron chi connectivity index (χ3n) is 5.21. The molecule has 0 saturated carbocycles. The van der Waals surface area contributed by atoms with Crippen LogP contribution in [0.1, 0.15) is 28.4 Å². The summed E-state index contributed by atoms with van der Waals surface area (Å²) in [5, 5.41) is 2.92. The van der Waals surface area contributed by atoms with Gasteiger partial charge in [-0.3, -0.25) is 9.78 Å². The Kier molecular flexibility index (Phi) is 7.27. The van der Waals surface area contributed by atoms with Gasteiger partial charge in [0.25, 0.3) is 0 Å². The van der Waals surface area contributed by atoms with Gasteiger partial charge in [-0.15, -0.1) is 11.3 Å². The first-order chi connectivity index (χ1) is 15.2. The van der Waals surface area contributed by atoms with E-state index in [2.05, 4.69) is 9.97 Å². The molecule has 4 rings (SSSR count). The molecule has 0 N–H and O–H groups in total. The van der Waals surface area contributed by atoms with Gasteiger partial charge >= 0.3 is 0 Å². The number of carbonyl (C=O) groups excluding carboxylic acids is 1. The van der Waals surface area contributed by atoms with Gasteiger partial charge in [0, 0.05) is 30.6 Å². The zero-order valence-corrected chi connectivity index (χ0v) is 18.5. The van der Waals surface area contributed by atoms with Crippen molar-refractivity contribution < 1.29 is 14.3 Å². The van der Waals surface area contributed by atoms with Gasteiger partial charge in [-0.05, 0) is 43.2 Å². The first-order valence-electron chi connectivity index (χ1n) is 10.5. The first kappa shape index (κ1) is 21.5. The minimum Gasteiger partial charge on any atom is -0.493 e. The number of carbonyl (C=O) groups is 1. The lowest BCUT2D eigenvalue weighted by Crippen LogP contribution is -2.31. The van der Waals surface area contributed by atoms with Crippen molar-refractivity contribution in [2.45, 2.75) is 32.9 Å². The molecule has 6 nitrogen and oxygen atoms in total. The summed E-state index contributed by atoms with van der Waals surface area (Å²) >= 11 is 1.56. The zero-order chi connectivity index (χ0) is 21.5. The smallest absolute Gasteiger partial charge is 0.229 e. The first-order valence-corrected chi connectivity index (χ1v) is 11.4. The van der Waals surface area contributed by atoms with Gasteiger partial charge in [0.05, 0.1) is 42.6 Å². The van der Waals surface area contributed by atoms with E-state index in [1.54, 1.807) is 17.5 Å². The lowest BCUT2D eigenvalue weighted by Gasteiger charge is -2.23. The molecule has 0 radical (unpaired) electrons. The number of aryl methyl sites for hydroxylation is 1. The number of ether oxygens (including phenoxy) is 2. The SMILES string of the molecule is Cc1nc(CC(=O)N(Cc2cccc(OC[C@H]3CCOC3)c2)Cc2ccccn2)cs1. The summed E-state index contributed by atoms with van der Waals surface area (Å²) in [5.41, 5.74) is 2.70. The number of nitrogens with zero attached hydrogens (tertiary/aromatic N) is 3. The molecule has 1 aliphatic rings. The molecular weight excluding hydrogens is 410 g/mol. The van der Waals surface area contributed by atoms with Crippen LogP contribution in [0.3, 0.4) is 0 Å². The lowest BCUT2D eigenvalue weighted by atomic mass is 10.1. The summed E-state index contributed by atoms with van der Waals surface area (Å²) in [5.74, 6) is 1.31. The van der Waals surface area contributed by atoms with Crippen LogP contribution in [0.15, 0.2) is 54.0 Å². The summed E-state index contributed by atoms with van der Waals surface area (Å²) in [6, 6.07) is 13.7. The van der Waals surface area contributed by atoms with Crippen molar-refractivity contribution in [2.24, 2.45) is 5.92 Å². The van der Waals surface area contributed by atoms with Crippen LogP contribution in [-0.2, 0) is 29.0 Å². The van der Waals surface area contributed by atoms with Crippen LogP contribution in [0.5, 0.6) is 5.75 Å². The number of thiazole rings is 1. The third kappa shape index (κ3) is 6.35. The van der Waals surface area contributed by atoms with E-state index in [0.29, 0.717) is 25.6 Å². The number of amides is 1. The molecule has 1 aliphatic heterocycles. The van der Waals surface area contributed by atoms with Crippen LogP contribution in [0, 0.1) is 12.8 Å². The zero-order valence-electron chi connectivity index (χ0n) is 17.7. The summed E-state index contributed by atoms with van der Waals surface area (Å²) in [4.78, 5) is 23.8. The number of aromatic nitrogens is 2. The number of rotatable bonds is 9. The van der Waals surface area contributed by atoms with Crippen LogP contribution in [0.25, 0.3) is 0 Å². The van der Waals surface area contributed by atoms with Crippen molar-refractivity contribution in [1.82, 2.24) is 14.9 Å². The molecular formula is C24H27N3O3S. The monoisotopic (exact) mass is 437 g/mol. The Hall–Kier alpha value is -2.77. The van der Waals surface area contributed by atoms with Crippen molar-refractivity contribution in [3.8, 4) is 5.75 Å². The quantitative estimate of drug-likeness (QED) is 0.506. The van der Waals surface area contributed by atoms with E-state index in [1.165, 1.54) is 0 Å². The topological polar surface area (TPSA) is 64.6 Å². The van der Waals surface area contributed by atoms with E-state index in [0.717, 1.165) is 47.3 Å². The molecule has 3 aromatic rings. The van der Waals surface area contributed by atoms with Crippen LogP contribution in [-0.4, -0.2) is 40.6 Å². The Balaban J connectivity index is 1.45. The Morgan fingerprint density at radius 2 is 2.16 bits per heavy atom. The van der Waals surface area contributed by atoms with Crippen LogP contribution in [0.4, 0.5) is 0 Å². The number of pyridine rings is 1. The second-order valence-corrected chi connectivity index (χ2v) is 8.86. The molecule has 0 aliphatic carbocycles. The van der Waals surface area contributed by atoms with Crippen molar-refractivity contribution in [1.29, 1.82) is 0 Å². The van der Waals surface area contributed by atoms with E-state index in [-0.39, 0.29) is 12.3 Å². The van der Waals surface area contributed by atoms with Crippen LogP contribution < -0.4 is 4.74 Å². The van der Waals surface area contributed by atoms with Crippen molar-refractivity contribution >= 4 is 17.2 Å². The third-order valence-corrected chi connectivity index (χ3v) is 6.03. The van der Waals surface area contributed by atoms with Gasteiger partial charge in [0.1, 0.15) is 5.75 Å². The Bertz CT molecular complexity index is 986. The molecule has 2 aromatic heterocycles. The summed E-state index contributed by atoms with van der Waals surface area (Å²) < 4.78 is 11.4. The average Bonchev–Trinajstić information content (AvgIpc) is 3.44. The van der Waals surface area contributed by atoms with E-state index in [1.807, 2.05) is 59.7 Å². The fourth-order valence-corrected chi connectivity index (χ4v) is 4.17. The Morgan fingerprint density at radius 3 is 2.90 bits per heavy atom. The van der Waals surface area contributed by atoms with Crippen LogP contribution in [0.2, 0.25) is 0 Å². The highest BCUT2D eigenvalue weighted by Crippen LogP contribution is 2.20. The van der Waals surface area contributed by atoms with Gasteiger partial charge in [-0.25, -0.2) is 4.98 Å². The van der Waals surface area contributed by atoms with Crippen LogP contribution >= 0.6 is 11.3 Å². The van der Waals surface area contributed by atoms with Crippen molar-refractivity contribution in [3.05, 3.63) is 76.0 Å². The minimum atomic E-state index is 0.0328. The largest absolute Gasteiger partial charge is 0.493 e. The molecule has 0 bridgehead atoms. The predicted octanol–water partition coefficient (Wildman–Crippen LogP) is 4.03. The van der Waals surface area contributed by atoms with E-state index < -0.39 is 0 Å². The van der Waals surface area contributed by atoms with Gasteiger partial charge in [-0.1, -0.05) is 18.2 Å². The maximum Gasteiger partial charge on any atom is 0.229 e. The number of benzene rings is 1. The summed E-state index contributed by atoms with van der Waals surface area (Å²) in [7, 11) is 0. The molecule has 1 fully saturated rings. The molecule has 0 unspecified atom stereocenters. The molecule has 31 heavy (non-hydrogen) atoms. The second kappa shape index (κ2) is 10.5. The van der Waals surface area contributed by atoms with E-state index >= 15 is 0 Å². The molecule has 1 saturated heterocycles. The second-order valence-electron chi connectivity index (χ2n) is 7.79. The maximum atomic E-state index is 13.1.